The number of hydrogen-bond donors (Lipinski definition) is 1. The van der Waals surface area contributed by atoms with Gasteiger partial charge in [-0.2, -0.15) is 0 Å². The van der Waals surface area contributed by atoms with Crippen LogP contribution in [-0.2, 0) is 11.3 Å². The van der Waals surface area contributed by atoms with E-state index < -0.39 is 12.0 Å². The Bertz CT molecular complexity index is 839. The molecule has 0 aromatic heterocycles. The van der Waals surface area contributed by atoms with E-state index in [1.54, 1.807) is 36.3 Å². The van der Waals surface area contributed by atoms with Gasteiger partial charge in [0.1, 0.15) is 0 Å². The van der Waals surface area contributed by atoms with Crippen molar-refractivity contribution in [2.24, 2.45) is 0 Å². The minimum absolute atomic E-state index is 0. The molecule has 0 saturated carbocycles. The molecule has 1 aliphatic rings. The first-order valence-corrected chi connectivity index (χ1v) is 8.46. The van der Waals surface area contributed by atoms with Crippen molar-refractivity contribution >= 4 is 41.4 Å². The third-order valence-electron chi connectivity index (χ3n) is 4.47. The summed E-state index contributed by atoms with van der Waals surface area (Å²) < 4.78 is 10.9. The Morgan fingerprint density at radius 3 is 2.59 bits per heavy atom. The van der Waals surface area contributed by atoms with E-state index >= 15 is 0 Å². The second kappa shape index (κ2) is 9.26. The van der Waals surface area contributed by atoms with Crippen molar-refractivity contribution in [3.05, 3.63) is 59.2 Å². The maximum absolute atomic E-state index is 12.8. The molecule has 3 rings (SSSR count). The van der Waals surface area contributed by atoms with Gasteiger partial charge in [-0.3, -0.25) is 9.59 Å². The first-order valence-electron chi connectivity index (χ1n) is 8.46. The monoisotopic (exact) mass is 379 g/mol. The molecule has 27 heavy (non-hydrogen) atoms. The van der Waals surface area contributed by atoms with Crippen molar-refractivity contribution in [2.75, 3.05) is 13.7 Å². The van der Waals surface area contributed by atoms with Gasteiger partial charge < -0.3 is 19.5 Å². The molecular formula is C20H22NNaO5. The van der Waals surface area contributed by atoms with Crippen LogP contribution < -0.4 is 9.47 Å². The number of benzene rings is 2. The van der Waals surface area contributed by atoms with Gasteiger partial charge in [-0.05, 0) is 36.2 Å². The Balaban J connectivity index is 0.00000261. The van der Waals surface area contributed by atoms with Crippen molar-refractivity contribution in [3.8, 4) is 11.5 Å². The summed E-state index contributed by atoms with van der Waals surface area (Å²) in [5.41, 5.74) is 2.24. The van der Waals surface area contributed by atoms with Crippen molar-refractivity contribution in [2.45, 2.75) is 25.9 Å². The topological polar surface area (TPSA) is 76.1 Å². The minimum atomic E-state index is -0.965. The molecule has 0 spiro atoms. The summed E-state index contributed by atoms with van der Waals surface area (Å²) >= 11 is 0. The van der Waals surface area contributed by atoms with Crippen LogP contribution in [0.4, 0.5) is 0 Å². The van der Waals surface area contributed by atoms with Crippen molar-refractivity contribution in [1.29, 1.82) is 0 Å². The molecule has 1 N–H and O–H groups in total. The zero-order valence-corrected chi connectivity index (χ0v) is 14.8. The fourth-order valence-corrected chi connectivity index (χ4v) is 3.27. The maximum atomic E-state index is 12.8. The number of rotatable bonds is 7. The molecule has 6 nitrogen and oxygen atoms in total. The Morgan fingerprint density at radius 2 is 1.96 bits per heavy atom. The molecule has 2 aromatic rings. The molecule has 1 heterocycles. The molecular weight excluding hydrogens is 357 g/mol. The van der Waals surface area contributed by atoms with Crippen molar-refractivity contribution in [1.82, 2.24) is 4.90 Å². The van der Waals surface area contributed by atoms with Gasteiger partial charge in [-0.15, -0.1) is 0 Å². The number of fused-ring (bicyclic) bond motifs is 1. The zero-order valence-electron chi connectivity index (χ0n) is 14.8. The number of methoxy groups -OCH3 is 1. The van der Waals surface area contributed by atoms with E-state index in [2.05, 4.69) is 0 Å². The van der Waals surface area contributed by atoms with Gasteiger partial charge in [0.15, 0.2) is 11.5 Å². The average molecular weight is 379 g/mol. The number of ether oxygens (including phenoxy) is 2. The quantitative estimate of drug-likeness (QED) is 0.749. The predicted molar refractivity (Wildman–Crippen MR) is 103 cm³/mol. The van der Waals surface area contributed by atoms with E-state index in [0.29, 0.717) is 35.8 Å². The van der Waals surface area contributed by atoms with Crippen LogP contribution in [0.5, 0.6) is 11.5 Å². The molecule has 0 fully saturated rings. The van der Waals surface area contributed by atoms with Gasteiger partial charge in [0.05, 0.1) is 26.2 Å². The third kappa shape index (κ3) is 4.46. The summed E-state index contributed by atoms with van der Waals surface area (Å²) in [6, 6.07) is 12.0. The van der Waals surface area contributed by atoms with Gasteiger partial charge in [0.25, 0.3) is 5.91 Å². The van der Waals surface area contributed by atoms with Gasteiger partial charge >= 0.3 is 35.5 Å². The summed E-state index contributed by atoms with van der Waals surface area (Å²) in [7, 11) is 1.55. The van der Waals surface area contributed by atoms with Gasteiger partial charge in [-0.25, -0.2) is 0 Å². The third-order valence-corrected chi connectivity index (χ3v) is 4.47. The number of carbonyl (C=O) groups excluding carboxylic acids is 1. The molecule has 1 atom stereocenters. The van der Waals surface area contributed by atoms with Crippen LogP contribution in [0.3, 0.4) is 0 Å². The molecule has 0 aliphatic carbocycles. The second-order valence-corrected chi connectivity index (χ2v) is 6.05. The van der Waals surface area contributed by atoms with Gasteiger partial charge in [0.2, 0.25) is 0 Å². The molecule has 7 heteroatoms. The molecule has 0 radical (unpaired) electrons. The van der Waals surface area contributed by atoms with E-state index in [1.165, 1.54) is 0 Å². The Labute approximate surface area is 180 Å². The number of aliphatic carboxylic acids is 1. The number of amides is 1. The van der Waals surface area contributed by atoms with E-state index in [0.717, 1.165) is 5.56 Å². The average Bonchev–Trinajstić information content (AvgIpc) is 2.97. The SMILES string of the molecule is CCOc1cc(C(CC(=O)O)N2Cc3ccccc3C2=O)ccc1OC.[NaH]. The molecule has 0 bridgehead atoms. The van der Waals surface area contributed by atoms with Crippen LogP contribution in [0.1, 0.15) is 40.9 Å². The molecule has 0 saturated heterocycles. The summed E-state index contributed by atoms with van der Waals surface area (Å²) in [6.07, 6.45) is -0.183. The summed E-state index contributed by atoms with van der Waals surface area (Å²) in [5, 5.41) is 9.39. The fourth-order valence-electron chi connectivity index (χ4n) is 3.27. The normalized spacial score (nSPS) is 13.6. The molecule has 138 valence electrons. The molecule has 2 aromatic carbocycles. The van der Waals surface area contributed by atoms with E-state index in [-0.39, 0.29) is 41.9 Å². The predicted octanol–water partition coefficient (Wildman–Crippen LogP) is 2.62. The van der Waals surface area contributed by atoms with Crippen LogP contribution in [0.2, 0.25) is 0 Å². The van der Waals surface area contributed by atoms with Crippen LogP contribution in [0.15, 0.2) is 42.5 Å². The van der Waals surface area contributed by atoms with Crippen molar-refractivity contribution in [3.63, 3.8) is 0 Å². The first kappa shape index (κ1) is 21.3. The van der Waals surface area contributed by atoms with Crippen LogP contribution >= 0.6 is 0 Å². The fraction of sp³-hybridized carbons (Fsp3) is 0.300. The number of nitrogens with zero attached hydrogens (tertiary/aromatic N) is 1. The van der Waals surface area contributed by atoms with Crippen LogP contribution in [-0.4, -0.2) is 65.2 Å². The van der Waals surface area contributed by atoms with Crippen LogP contribution in [0, 0.1) is 0 Å². The second-order valence-electron chi connectivity index (χ2n) is 6.05. The number of hydrogen-bond acceptors (Lipinski definition) is 4. The molecule has 1 amide bonds. The van der Waals surface area contributed by atoms with Gasteiger partial charge in [0, 0.05) is 12.1 Å². The molecule has 1 aliphatic heterocycles. The zero-order chi connectivity index (χ0) is 18.7. The van der Waals surface area contributed by atoms with Crippen LogP contribution in [0.25, 0.3) is 0 Å². The van der Waals surface area contributed by atoms with E-state index in [9.17, 15) is 14.7 Å². The Morgan fingerprint density at radius 1 is 1.22 bits per heavy atom. The molecule has 1 unspecified atom stereocenters. The Kier molecular flexibility index (Phi) is 7.30. The van der Waals surface area contributed by atoms with Gasteiger partial charge in [-0.1, -0.05) is 24.3 Å². The van der Waals surface area contributed by atoms with E-state index in [1.807, 2.05) is 25.1 Å². The Hall–Kier alpha value is -2.02. The number of carboxylic acids is 1. The standard InChI is InChI=1S/C20H21NO5.Na.H/c1-3-26-18-10-13(8-9-17(18)25-2)16(11-19(22)23)21-12-14-6-4-5-7-15(14)20(21)24;;/h4-10,16H,3,11-12H2,1-2H3,(H,22,23);;. The van der Waals surface area contributed by atoms with E-state index in [4.69, 9.17) is 9.47 Å². The summed E-state index contributed by atoms with van der Waals surface area (Å²) in [6.45, 7) is 2.71. The number of carboxylic acid groups (broad SMARTS) is 1. The summed E-state index contributed by atoms with van der Waals surface area (Å²) in [5.74, 6) is -0.0130. The van der Waals surface area contributed by atoms with Crippen molar-refractivity contribution < 1.29 is 24.2 Å². The summed E-state index contributed by atoms with van der Waals surface area (Å²) in [4.78, 5) is 25.9. The number of carbonyl (C=O) groups is 2. The first-order chi connectivity index (χ1) is 12.5.